The average molecular weight is 423 g/mol. The molecule has 1 atom stereocenters. The number of likely N-dealkylation sites (N-methyl/N-ethyl adjacent to an activating group) is 1. The van der Waals surface area contributed by atoms with E-state index in [1.807, 2.05) is 0 Å². The van der Waals surface area contributed by atoms with Crippen LogP contribution < -0.4 is 0 Å². The standard InChI is InChI=1S/C24H27FN4O2/c1-28(24(31)23-14-22(26-27-23)19-6-8-20(25)9-7-19)15-21(30)16-29-12-10-17-4-2-3-5-18(17)11-13-29/h2-9,14,21,30H,10-13,15-16H2,1H3,(H,26,27)/t21-/m0/s1. The Labute approximate surface area is 181 Å². The lowest BCUT2D eigenvalue weighted by atomic mass is 10.0. The van der Waals surface area contributed by atoms with E-state index in [1.54, 1.807) is 25.2 Å². The van der Waals surface area contributed by atoms with E-state index in [0.717, 1.165) is 31.5 Å². The highest BCUT2D eigenvalue weighted by atomic mass is 19.1. The summed E-state index contributed by atoms with van der Waals surface area (Å²) >= 11 is 0. The molecule has 0 bridgehead atoms. The van der Waals surface area contributed by atoms with Gasteiger partial charge in [-0.3, -0.25) is 9.89 Å². The lowest BCUT2D eigenvalue weighted by Crippen LogP contribution is -2.42. The third-order valence-corrected chi connectivity index (χ3v) is 5.76. The van der Waals surface area contributed by atoms with Crippen LogP contribution in [0.3, 0.4) is 0 Å². The van der Waals surface area contributed by atoms with Gasteiger partial charge in [-0.25, -0.2) is 4.39 Å². The molecule has 31 heavy (non-hydrogen) atoms. The van der Waals surface area contributed by atoms with Crippen LogP contribution in [0, 0.1) is 5.82 Å². The SMILES string of the molecule is CN(C[C@H](O)CN1CCc2ccccc2CC1)C(=O)c1cc(-c2ccc(F)cc2)n[nH]1. The number of amides is 1. The minimum absolute atomic E-state index is 0.229. The summed E-state index contributed by atoms with van der Waals surface area (Å²) in [6.45, 7) is 2.54. The van der Waals surface area contributed by atoms with Crippen LogP contribution in [0.2, 0.25) is 0 Å². The number of halogens is 1. The Morgan fingerprint density at radius 2 is 1.81 bits per heavy atom. The van der Waals surface area contributed by atoms with Gasteiger partial charge in [-0.15, -0.1) is 0 Å². The monoisotopic (exact) mass is 422 g/mol. The molecule has 1 aromatic heterocycles. The van der Waals surface area contributed by atoms with E-state index in [9.17, 15) is 14.3 Å². The second kappa shape index (κ2) is 9.41. The minimum atomic E-state index is -0.644. The fraction of sp³-hybridized carbons (Fsp3) is 0.333. The zero-order valence-corrected chi connectivity index (χ0v) is 17.6. The van der Waals surface area contributed by atoms with Gasteiger partial charge >= 0.3 is 0 Å². The average Bonchev–Trinajstić information content (AvgIpc) is 3.17. The molecule has 0 radical (unpaired) electrons. The van der Waals surface area contributed by atoms with E-state index in [0.29, 0.717) is 17.9 Å². The molecule has 4 rings (SSSR count). The van der Waals surface area contributed by atoms with Crippen LogP contribution in [-0.2, 0) is 12.8 Å². The number of aliphatic hydroxyl groups excluding tert-OH is 1. The number of carbonyl (C=O) groups excluding carboxylic acids is 1. The second-order valence-electron chi connectivity index (χ2n) is 8.08. The Balaban J connectivity index is 1.31. The van der Waals surface area contributed by atoms with E-state index in [1.165, 1.54) is 28.2 Å². The third-order valence-electron chi connectivity index (χ3n) is 5.76. The number of rotatable bonds is 6. The highest BCUT2D eigenvalue weighted by Gasteiger charge is 2.21. The first-order chi connectivity index (χ1) is 15.0. The maximum absolute atomic E-state index is 13.1. The maximum atomic E-state index is 13.1. The van der Waals surface area contributed by atoms with Crippen LogP contribution in [0.5, 0.6) is 0 Å². The molecular weight excluding hydrogens is 395 g/mol. The highest BCUT2D eigenvalue weighted by Crippen LogP contribution is 2.19. The summed E-state index contributed by atoms with van der Waals surface area (Å²) in [5, 5.41) is 17.5. The van der Waals surface area contributed by atoms with Gasteiger partial charge in [-0.1, -0.05) is 24.3 Å². The van der Waals surface area contributed by atoms with E-state index < -0.39 is 6.10 Å². The van der Waals surface area contributed by atoms with E-state index in [4.69, 9.17) is 0 Å². The molecule has 1 amide bonds. The Bertz CT molecular complexity index is 1010. The lowest BCUT2D eigenvalue weighted by molar-refractivity contribution is 0.0587. The molecule has 6 nitrogen and oxygen atoms in total. The number of aliphatic hydroxyl groups is 1. The number of nitrogens with one attached hydrogen (secondary N) is 1. The zero-order chi connectivity index (χ0) is 21.8. The summed E-state index contributed by atoms with van der Waals surface area (Å²) < 4.78 is 13.1. The Kier molecular flexibility index (Phi) is 6.44. The van der Waals surface area contributed by atoms with Crippen molar-refractivity contribution in [3.63, 3.8) is 0 Å². The fourth-order valence-electron chi connectivity index (χ4n) is 4.06. The number of hydrogen-bond acceptors (Lipinski definition) is 4. The predicted molar refractivity (Wildman–Crippen MR) is 117 cm³/mol. The summed E-state index contributed by atoms with van der Waals surface area (Å²) in [6, 6.07) is 16.1. The van der Waals surface area contributed by atoms with E-state index in [2.05, 4.69) is 39.4 Å². The van der Waals surface area contributed by atoms with Crippen molar-refractivity contribution >= 4 is 5.91 Å². The number of β-amino-alcohol motifs (C(OH)–C–C–N with tert-alkyl or cyclic N) is 1. The molecule has 2 N–H and O–H groups in total. The first kappa shape index (κ1) is 21.2. The van der Waals surface area contributed by atoms with E-state index >= 15 is 0 Å². The molecule has 0 saturated carbocycles. The molecule has 7 heteroatoms. The number of fused-ring (bicyclic) bond motifs is 1. The molecule has 0 spiro atoms. The van der Waals surface area contributed by atoms with Gasteiger partial charge in [0, 0.05) is 38.8 Å². The lowest BCUT2D eigenvalue weighted by Gasteiger charge is -2.26. The van der Waals surface area contributed by atoms with Crippen molar-refractivity contribution in [1.29, 1.82) is 0 Å². The summed E-state index contributed by atoms with van der Waals surface area (Å²) in [4.78, 5) is 16.5. The van der Waals surface area contributed by atoms with Gasteiger partial charge in [0.05, 0.1) is 11.8 Å². The molecule has 0 saturated heterocycles. The van der Waals surface area contributed by atoms with Crippen LogP contribution in [0.15, 0.2) is 54.6 Å². The van der Waals surface area contributed by atoms with Crippen LogP contribution in [-0.4, -0.2) is 70.3 Å². The third kappa shape index (κ3) is 5.18. The van der Waals surface area contributed by atoms with Gasteiger partial charge < -0.3 is 14.9 Å². The van der Waals surface area contributed by atoms with Crippen molar-refractivity contribution in [2.24, 2.45) is 0 Å². The minimum Gasteiger partial charge on any atom is -0.390 e. The summed E-state index contributed by atoms with van der Waals surface area (Å²) in [7, 11) is 1.67. The van der Waals surface area contributed by atoms with Gasteiger partial charge in [0.1, 0.15) is 11.5 Å². The van der Waals surface area contributed by atoms with Crippen LogP contribution >= 0.6 is 0 Å². The van der Waals surface area contributed by atoms with Crippen molar-refractivity contribution in [3.8, 4) is 11.3 Å². The topological polar surface area (TPSA) is 72.5 Å². The number of aromatic amines is 1. The normalized spacial score (nSPS) is 15.2. The smallest absolute Gasteiger partial charge is 0.271 e. The second-order valence-corrected chi connectivity index (χ2v) is 8.08. The molecular formula is C24H27FN4O2. The summed E-state index contributed by atoms with van der Waals surface area (Å²) in [5.41, 5.74) is 4.38. The van der Waals surface area contributed by atoms with Crippen molar-refractivity contribution < 1.29 is 14.3 Å². The summed E-state index contributed by atoms with van der Waals surface area (Å²) in [5.74, 6) is -0.569. The molecule has 1 aliphatic heterocycles. The first-order valence-corrected chi connectivity index (χ1v) is 10.5. The molecule has 0 aliphatic carbocycles. The number of nitrogens with zero attached hydrogens (tertiary/aromatic N) is 3. The van der Waals surface area contributed by atoms with Crippen LogP contribution in [0.4, 0.5) is 4.39 Å². The maximum Gasteiger partial charge on any atom is 0.271 e. The quantitative estimate of drug-likeness (QED) is 0.641. The van der Waals surface area contributed by atoms with Crippen LogP contribution in [0.1, 0.15) is 21.6 Å². The zero-order valence-electron chi connectivity index (χ0n) is 17.6. The Morgan fingerprint density at radius 1 is 1.16 bits per heavy atom. The number of H-pyrrole nitrogens is 1. The van der Waals surface area contributed by atoms with Gasteiger partial charge in [0.2, 0.25) is 0 Å². The molecule has 1 aliphatic rings. The largest absolute Gasteiger partial charge is 0.390 e. The van der Waals surface area contributed by atoms with Crippen molar-refractivity contribution in [1.82, 2.24) is 20.0 Å². The molecule has 2 heterocycles. The number of aromatic nitrogens is 2. The molecule has 3 aromatic rings. The van der Waals surface area contributed by atoms with E-state index in [-0.39, 0.29) is 18.3 Å². The van der Waals surface area contributed by atoms with Crippen molar-refractivity contribution in [2.75, 3.05) is 33.2 Å². The van der Waals surface area contributed by atoms with Crippen LogP contribution in [0.25, 0.3) is 11.3 Å². The molecule has 162 valence electrons. The Hall–Kier alpha value is -3.03. The molecule has 0 unspecified atom stereocenters. The molecule has 0 fully saturated rings. The fourth-order valence-corrected chi connectivity index (χ4v) is 4.06. The number of hydrogen-bond donors (Lipinski definition) is 2. The molecule has 2 aromatic carbocycles. The first-order valence-electron chi connectivity index (χ1n) is 10.5. The van der Waals surface area contributed by atoms with Gasteiger partial charge in [0.15, 0.2) is 0 Å². The number of benzene rings is 2. The van der Waals surface area contributed by atoms with Gasteiger partial charge in [-0.05, 0) is 54.3 Å². The van der Waals surface area contributed by atoms with Crippen molar-refractivity contribution in [3.05, 3.63) is 77.2 Å². The van der Waals surface area contributed by atoms with Gasteiger partial charge in [-0.2, -0.15) is 5.10 Å². The summed E-state index contributed by atoms with van der Waals surface area (Å²) in [6.07, 6.45) is 1.30. The highest BCUT2D eigenvalue weighted by molar-refractivity contribution is 5.93. The number of carbonyl (C=O) groups is 1. The van der Waals surface area contributed by atoms with Gasteiger partial charge in [0.25, 0.3) is 5.91 Å². The van der Waals surface area contributed by atoms with Crippen molar-refractivity contribution in [2.45, 2.75) is 18.9 Å². The predicted octanol–water partition coefficient (Wildman–Crippen LogP) is 2.75. The Morgan fingerprint density at radius 3 is 2.45 bits per heavy atom.